The molecular formula is C16H16F3NO3. The molecule has 2 aliphatic rings. The van der Waals surface area contributed by atoms with Gasteiger partial charge in [0, 0.05) is 18.7 Å². The van der Waals surface area contributed by atoms with Gasteiger partial charge in [0.25, 0.3) is 5.91 Å². The van der Waals surface area contributed by atoms with E-state index < -0.39 is 29.0 Å². The fraction of sp³-hybridized carbons (Fsp3) is 0.500. The molecule has 1 amide bonds. The van der Waals surface area contributed by atoms with Crippen molar-refractivity contribution < 1.29 is 27.9 Å². The largest absolute Gasteiger partial charge is 0.481 e. The molecule has 0 spiro atoms. The van der Waals surface area contributed by atoms with Gasteiger partial charge in [0.1, 0.15) is 0 Å². The van der Waals surface area contributed by atoms with Crippen molar-refractivity contribution in [3.63, 3.8) is 0 Å². The number of amides is 1. The maximum atomic E-state index is 12.8. The first-order chi connectivity index (χ1) is 10.7. The normalized spacial score (nSPS) is 27.1. The number of hydrogen-bond donors (Lipinski definition) is 1. The molecule has 0 aromatic heterocycles. The van der Waals surface area contributed by atoms with Crippen molar-refractivity contribution >= 4 is 11.9 Å². The number of fused-ring (bicyclic) bond motifs is 1. The van der Waals surface area contributed by atoms with Gasteiger partial charge in [-0.1, -0.05) is 12.5 Å². The Hall–Kier alpha value is -2.05. The average Bonchev–Trinajstić information content (AvgIpc) is 3.03. The van der Waals surface area contributed by atoms with Gasteiger partial charge in [-0.2, -0.15) is 13.2 Å². The number of halogens is 3. The predicted octanol–water partition coefficient (Wildman–Crippen LogP) is 3.03. The van der Waals surface area contributed by atoms with Crippen LogP contribution in [0, 0.1) is 11.3 Å². The molecule has 1 N–H and O–H groups in total. The van der Waals surface area contributed by atoms with Crippen molar-refractivity contribution in [3.05, 3.63) is 35.4 Å². The fourth-order valence-electron chi connectivity index (χ4n) is 3.80. The first-order valence-corrected chi connectivity index (χ1v) is 7.44. The molecule has 1 aromatic rings. The molecule has 4 nitrogen and oxygen atoms in total. The van der Waals surface area contributed by atoms with Crippen LogP contribution >= 0.6 is 0 Å². The lowest BCUT2D eigenvalue weighted by Gasteiger charge is -2.23. The molecule has 1 saturated carbocycles. The summed E-state index contributed by atoms with van der Waals surface area (Å²) in [7, 11) is 0. The molecule has 1 heterocycles. The van der Waals surface area contributed by atoms with Crippen molar-refractivity contribution in [1.29, 1.82) is 0 Å². The topological polar surface area (TPSA) is 57.6 Å². The maximum Gasteiger partial charge on any atom is 0.416 e. The first-order valence-electron chi connectivity index (χ1n) is 7.44. The summed E-state index contributed by atoms with van der Waals surface area (Å²) in [5.41, 5.74) is -1.87. The Kier molecular flexibility index (Phi) is 3.61. The predicted molar refractivity (Wildman–Crippen MR) is 74.8 cm³/mol. The van der Waals surface area contributed by atoms with Crippen LogP contribution in [0.2, 0.25) is 0 Å². The highest BCUT2D eigenvalue weighted by Crippen LogP contribution is 2.49. The average molecular weight is 327 g/mol. The van der Waals surface area contributed by atoms with Crippen LogP contribution in [0.1, 0.15) is 35.2 Å². The SMILES string of the molecule is O=C(c1cccc(C(F)(F)F)c1)N1C[C@@H]2CCC[C@@]2(C(=O)O)C1. The summed E-state index contributed by atoms with van der Waals surface area (Å²) in [4.78, 5) is 25.5. The highest BCUT2D eigenvalue weighted by molar-refractivity contribution is 5.95. The van der Waals surface area contributed by atoms with Gasteiger partial charge in [-0.3, -0.25) is 9.59 Å². The standard InChI is InChI=1S/C16H16F3NO3/c17-16(18,19)11-4-1-3-10(7-11)13(21)20-8-12-5-2-6-15(12,9-20)14(22)23/h1,3-4,7,12H,2,5-6,8-9H2,(H,22,23)/t12-,15+/m0/s1. The van der Waals surface area contributed by atoms with Crippen molar-refractivity contribution in [2.24, 2.45) is 11.3 Å². The smallest absolute Gasteiger partial charge is 0.416 e. The third-order valence-electron chi connectivity index (χ3n) is 5.02. The van der Waals surface area contributed by atoms with Crippen LogP contribution in [-0.4, -0.2) is 35.0 Å². The summed E-state index contributed by atoms with van der Waals surface area (Å²) in [6, 6.07) is 4.26. The number of alkyl halides is 3. The van der Waals surface area contributed by atoms with E-state index >= 15 is 0 Å². The summed E-state index contributed by atoms with van der Waals surface area (Å²) in [6.07, 6.45) is -2.46. The molecule has 23 heavy (non-hydrogen) atoms. The zero-order chi connectivity index (χ0) is 16.8. The second kappa shape index (κ2) is 5.25. The lowest BCUT2D eigenvalue weighted by Crippen LogP contribution is -2.37. The number of likely N-dealkylation sites (tertiary alicyclic amines) is 1. The van der Waals surface area contributed by atoms with E-state index in [-0.39, 0.29) is 18.0 Å². The number of carbonyl (C=O) groups excluding carboxylic acids is 1. The zero-order valence-corrected chi connectivity index (χ0v) is 12.3. The molecule has 0 bridgehead atoms. The molecular weight excluding hydrogens is 311 g/mol. The number of rotatable bonds is 2. The molecule has 1 aliphatic carbocycles. The van der Waals surface area contributed by atoms with Gasteiger partial charge in [-0.15, -0.1) is 0 Å². The summed E-state index contributed by atoms with van der Waals surface area (Å²) >= 11 is 0. The number of hydrogen-bond acceptors (Lipinski definition) is 2. The quantitative estimate of drug-likeness (QED) is 0.908. The van der Waals surface area contributed by atoms with E-state index in [0.717, 1.165) is 25.0 Å². The Morgan fingerprint density at radius 1 is 1.30 bits per heavy atom. The molecule has 124 valence electrons. The Labute approximate surface area is 130 Å². The van der Waals surface area contributed by atoms with Crippen molar-refractivity contribution in [2.75, 3.05) is 13.1 Å². The Morgan fingerprint density at radius 2 is 2.04 bits per heavy atom. The van der Waals surface area contributed by atoms with Gasteiger partial charge >= 0.3 is 12.1 Å². The summed E-state index contributed by atoms with van der Waals surface area (Å²) in [5, 5.41) is 9.51. The van der Waals surface area contributed by atoms with Crippen LogP contribution in [0.3, 0.4) is 0 Å². The second-order valence-electron chi connectivity index (χ2n) is 6.31. The van der Waals surface area contributed by atoms with Gasteiger partial charge in [-0.25, -0.2) is 0 Å². The third kappa shape index (κ3) is 2.58. The zero-order valence-electron chi connectivity index (χ0n) is 12.3. The monoisotopic (exact) mass is 327 g/mol. The fourth-order valence-corrected chi connectivity index (χ4v) is 3.80. The lowest BCUT2D eigenvalue weighted by atomic mass is 9.81. The van der Waals surface area contributed by atoms with E-state index in [9.17, 15) is 27.9 Å². The number of carboxylic acid groups (broad SMARTS) is 1. The van der Waals surface area contributed by atoms with Gasteiger partial charge in [0.05, 0.1) is 11.0 Å². The van der Waals surface area contributed by atoms with Gasteiger partial charge in [0.15, 0.2) is 0 Å². The number of nitrogens with zero attached hydrogens (tertiary/aromatic N) is 1. The van der Waals surface area contributed by atoms with Crippen molar-refractivity contribution in [2.45, 2.75) is 25.4 Å². The van der Waals surface area contributed by atoms with E-state index in [0.29, 0.717) is 13.0 Å². The molecule has 0 radical (unpaired) electrons. The summed E-state index contributed by atoms with van der Waals surface area (Å²) in [6.45, 7) is 0.365. The molecule has 1 saturated heterocycles. The number of benzene rings is 1. The second-order valence-corrected chi connectivity index (χ2v) is 6.31. The van der Waals surface area contributed by atoms with Gasteiger partial charge in [0.2, 0.25) is 0 Å². The highest BCUT2D eigenvalue weighted by atomic mass is 19.4. The van der Waals surface area contributed by atoms with Crippen LogP contribution in [0.25, 0.3) is 0 Å². The molecule has 2 fully saturated rings. The maximum absolute atomic E-state index is 12.8. The van der Waals surface area contributed by atoms with Gasteiger partial charge < -0.3 is 10.0 Å². The molecule has 1 aromatic carbocycles. The van der Waals surface area contributed by atoms with Crippen molar-refractivity contribution in [3.8, 4) is 0 Å². The summed E-state index contributed by atoms with van der Waals surface area (Å²) in [5.74, 6) is -1.57. The summed E-state index contributed by atoms with van der Waals surface area (Å²) < 4.78 is 38.3. The Balaban J connectivity index is 1.84. The third-order valence-corrected chi connectivity index (χ3v) is 5.02. The molecule has 1 aliphatic heterocycles. The molecule has 2 atom stereocenters. The number of aliphatic carboxylic acids is 1. The van der Waals surface area contributed by atoms with Crippen LogP contribution < -0.4 is 0 Å². The molecule has 3 rings (SSSR count). The van der Waals surface area contributed by atoms with E-state index in [4.69, 9.17) is 0 Å². The molecule has 7 heteroatoms. The van der Waals surface area contributed by atoms with Crippen LogP contribution in [-0.2, 0) is 11.0 Å². The molecule has 0 unspecified atom stereocenters. The van der Waals surface area contributed by atoms with Crippen LogP contribution in [0.5, 0.6) is 0 Å². The van der Waals surface area contributed by atoms with Gasteiger partial charge in [-0.05, 0) is 37.0 Å². The van der Waals surface area contributed by atoms with Crippen LogP contribution in [0.15, 0.2) is 24.3 Å². The minimum atomic E-state index is -4.51. The first kappa shape index (κ1) is 15.8. The Bertz CT molecular complexity index is 658. The lowest BCUT2D eigenvalue weighted by molar-refractivity contribution is -0.149. The Morgan fingerprint density at radius 3 is 2.65 bits per heavy atom. The van der Waals surface area contributed by atoms with E-state index in [1.54, 1.807) is 0 Å². The minimum Gasteiger partial charge on any atom is -0.481 e. The van der Waals surface area contributed by atoms with E-state index in [1.165, 1.54) is 17.0 Å². The van der Waals surface area contributed by atoms with E-state index in [1.807, 2.05) is 0 Å². The number of carboxylic acids is 1. The minimum absolute atomic E-state index is 0.0552. The van der Waals surface area contributed by atoms with E-state index in [2.05, 4.69) is 0 Å². The van der Waals surface area contributed by atoms with Crippen molar-refractivity contribution in [1.82, 2.24) is 4.90 Å². The highest BCUT2D eigenvalue weighted by Gasteiger charge is 2.55. The van der Waals surface area contributed by atoms with Crippen LogP contribution in [0.4, 0.5) is 13.2 Å². The number of carbonyl (C=O) groups is 2.